The average molecular weight is 303 g/mol. The maximum atomic E-state index is 11.7. The molecule has 0 aliphatic heterocycles. The van der Waals surface area contributed by atoms with Crippen molar-refractivity contribution in [1.29, 1.82) is 0 Å². The molecule has 8 heteroatoms. The summed E-state index contributed by atoms with van der Waals surface area (Å²) in [6, 6.07) is 1.45. The molecule has 0 bridgehead atoms. The number of rotatable bonds is 8. The van der Waals surface area contributed by atoms with Crippen LogP contribution in [0.25, 0.3) is 0 Å². The van der Waals surface area contributed by atoms with E-state index in [4.69, 9.17) is 26.2 Å². The van der Waals surface area contributed by atoms with E-state index < -0.39 is 12.6 Å². The monoisotopic (exact) mass is 302 g/mol. The molecule has 0 radical (unpaired) electrons. The van der Waals surface area contributed by atoms with Gasteiger partial charge in [-0.1, -0.05) is 11.6 Å². The van der Waals surface area contributed by atoms with Crippen molar-refractivity contribution < 1.29 is 24.2 Å². The molecule has 1 amide bonds. The molecular weight excluding hydrogens is 288 g/mol. The summed E-state index contributed by atoms with van der Waals surface area (Å²) in [7, 11) is 0. The summed E-state index contributed by atoms with van der Waals surface area (Å²) in [4.78, 5) is 25.9. The molecule has 0 spiro atoms. The fourth-order valence-corrected chi connectivity index (χ4v) is 1.51. The SMILES string of the molecule is CCOc1ncc(C(=O)NCCOCC(=O)O)cc1Cl. The Balaban J connectivity index is 2.43. The zero-order chi connectivity index (χ0) is 15.0. The summed E-state index contributed by atoms with van der Waals surface area (Å²) < 4.78 is 9.94. The lowest BCUT2D eigenvalue weighted by Crippen LogP contribution is -2.28. The van der Waals surface area contributed by atoms with E-state index in [2.05, 4.69) is 10.3 Å². The second-order valence-corrected chi connectivity index (χ2v) is 4.05. The van der Waals surface area contributed by atoms with Crippen molar-refractivity contribution in [3.05, 3.63) is 22.8 Å². The largest absolute Gasteiger partial charge is 0.480 e. The maximum absolute atomic E-state index is 11.7. The van der Waals surface area contributed by atoms with Gasteiger partial charge < -0.3 is 19.9 Å². The second kappa shape index (κ2) is 8.34. The number of carbonyl (C=O) groups excluding carboxylic acids is 1. The molecule has 20 heavy (non-hydrogen) atoms. The first-order chi connectivity index (χ1) is 9.54. The number of halogens is 1. The summed E-state index contributed by atoms with van der Waals surface area (Å²) in [5.41, 5.74) is 0.289. The standard InChI is InChI=1S/C12H15ClN2O5/c1-2-20-12-9(13)5-8(6-15-12)11(18)14-3-4-19-7-10(16)17/h5-6H,2-4,7H2,1H3,(H,14,18)(H,16,17). The highest BCUT2D eigenvalue weighted by Gasteiger charge is 2.10. The number of carbonyl (C=O) groups is 2. The van der Waals surface area contributed by atoms with Gasteiger partial charge in [-0.15, -0.1) is 0 Å². The number of hydrogen-bond acceptors (Lipinski definition) is 5. The highest BCUT2D eigenvalue weighted by atomic mass is 35.5. The zero-order valence-corrected chi connectivity index (χ0v) is 11.6. The molecule has 1 aromatic rings. The quantitative estimate of drug-likeness (QED) is 0.694. The fourth-order valence-electron chi connectivity index (χ4n) is 1.29. The van der Waals surface area contributed by atoms with Crippen LogP contribution in [0.15, 0.2) is 12.3 Å². The molecule has 0 aliphatic rings. The Morgan fingerprint density at radius 2 is 2.25 bits per heavy atom. The summed E-state index contributed by atoms with van der Waals surface area (Å²) in [5.74, 6) is -1.16. The van der Waals surface area contributed by atoms with Gasteiger partial charge in [0.1, 0.15) is 11.6 Å². The van der Waals surface area contributed by atoms with Crippen LogP contribution >= 0.6 is 11.6 Å². The van der Waals surface area contributed by atoms with E-state index >= 15 is 0 Å². The minimum absolute atomic E-state index is 0.107. The summed E-state index contributed by atoms with van der Waals surface area (Å²) in [6.07, 6.45) is 1.35. The average Bonchev–Trinajstić information content (AvgIpc) is 2.40. The van der Waals surface area contributed by atoms with Crippen molar-refractivity contribution in [1.82, 2.24) is 10.3 Å². The van der Waals surface area contributed by atoms with E-state index in [1.807, 2.05) is 0 Å². The number of hydrogen-bond donors (Lipinski definition) is 2. The van der Waals surface area contributed by atoms with Crippen LogP contribution in [0.5, 0.6) is 5.88 Å². The third kappa shape index (κ3) is 5.41. The highest BCUT2D eigenvalue weighted by molar-refractivity contribution is 6.32. The van der Waals surface area contributed by atoms with Crippen LogP contribution in [0.4, 0.5) is 0 Å². The molecule has 0 aliphatic carbocycles. The molecule has 1 aromatic heterocycles. The van der Waals surface area contributed by atoms with E-state index in [9.17, 15) is 9.59 Å². The van der Waals surface area contributed by atoms with Crippen LogP contribution in [0.1, 0.15) is 17.3 Å². The van der Waals surface area contributed by atoms with E-state index in [1.54, 1.807) is 6.92 Å². The van der Waals surface area contributed by atoms with Gasteiger partial charge in [0.15, 0.2) is 0 Å². The number of carboxylic acid groups (broad SMARTS) is 1. The summed E-state index contributed by atoms with van der Waals surface area (Å²) in [5, 5.41) is 11.2. The summed E-state index contributed by atoms with van der Waals surface area (Å²) in [6.45, 7) is 2.13. The van der Waals surface area contributed by atoms with Crippen molar-refractivity contribution in [3.63, 3.8) is 0 Å². The maximum Gasteiger partial charge on any atom is 0.329 e. The summed E-state index contributed by atoms with van der Waals surface area (Å²) >= 11 is 5.91. The molecule has 7 nitrogen and oxygen atoms in total. The lowest BCUT2D eigenvalue weighted by molar-refractivity contribution is -0.142. The first kappa shape index (κ1) is 16.2. The van der Waals surface area contributed by atoms with Crippen molar-refractivity contribution >= 4 is 23.5 Å². The van der Waals surface area contributed by atoms with Crippen LogP contribution in [-0.2, 0) is 9.53 Å². The molecule has 2 N–H and O–H groups in total. The lowest BCUT2D eigenvalue weighted by atomic mass is 10.2. The molecule has 0 atom stereocenters. The van der Waals surface area contributed by atoms with Gasteiger partial charge in [0.2, 0.25) is 5.88 Å². The number of carboxylic acids is 1. The van der Waals surface area contributed by atoms with Crippen LogP contribution in [-0.4, -0.2) is 48.3 Å². The normalized spacial score (nSPS) is 10.1. The Labute approximate surface area is 120 Å². The van der Waals surface area contributed by atoms with Gasteiger partial charge in [-0.25, -0.2) is 9.78 Å². The predicted octanol–water partition coefficient (Wildman–Crippen LogP) is 0.965. The molecule has 1 heterocycles. The number of nitrogens with zero attached hydrogens (tertiary/aromatic N) is 1. The number of pyridine rings is 1. The zero-order valence-electron chi connectivity index (χ0n) is 10.9. The molecule has 0 saturated heterocycles. The third-order valence-electron chi connectivity index (χ3n) is 2.11. The van der Waals surface area contributed by atoms with E-state index in [0.29, 0.717) is 6.61 Å². The molecule has 0 saturated carbocycles. The van der Waals surface area contributed by atoms with Crippen LogP contribution in [0.2, 0.25) is 5.02 Å². The van der Waals surface area contributed by atoms with E-state index in [1.165, 1.54) is 12.3 Å². The molecular formula is C12H15ClN2O5. The number of amides is 1. The Kier molecular flexibility index (Phi) is 6.75. The highest BCUT2D eigenvalue weighted by Crippen LogP contribution is 2.22. The Bertz CT molecular complexity index is 481. The fraction of sp³-hybridized carbons (Fsp3) is 0.417. The van der Waals surface area contributed by atoms with E-state index in [-0.39, 0.29) is 35.5 Å². The van der Waals surface area contributed by atoms with Gasteiger partial charge in [0, 0.05) is 12.7 Å². The van der Waals surface area contributed by atoms with Crippen LogP contribution < -0.4 is 10.1 Å². The minimum Gasteiger partial charge on any atom is -0.480 e. The van der Waals surface area contributed by atoms with E-state index in [0.717, 1.165) is 0 Å². The first-order valence-electron chi connectivity index (χ1n) is 5.90. The molecule has 0 unspecified atom stereocenters. The Hall–Kier alpha value is -1.86. The molecule has 1 rings (SSSR count). The molecule has 0 fully saturated rings. The van der Waals surface area contributed by atoms with Crippen LogP contribution in [0, 0.1) is 0 Å². The smallest absolute Gasteiger partial charge is 0.329 e. The topological polar surface area (TPSA) is 97.8 Å². The van der Waals surface area contributed by atoms with Crippen LogP contribution in [0.3, 0.4) is 0 Å². The predicted molar refractivity (Wildman–Crippen MR) is 71.2 cm³/mol. The number of nitrogens with one attached hydrogen (secondary N) is 1. The van der Waals surface area contributed by atoms with Gasteiger partial charge >= 0.3 is 5.97 Å². The van der Waals surface area contributed by atoms with Crippen molar-refractivity contribution in [2.75, 3.05) is 26.4 Å². The number of aliphatic carboxylic acids is 1. The van der Waals surface area contributed by atoms with Gasteiger partial charge in [-0.2, -0.15) is 0 Å². The minimum atomic E-state index is -1.06. The van der Waals surface area contributed by atoms with Crippen molar-refractivity contribution in [3.8, 4) is 5.88 Å². The Morgan fingerprint density at radius 3 is 2.85 bits per heavy atom. The second-order valence-electron chi connectivity index (χ2n) is 3.65. The number of ether oxygens (including phenoxy) is 2. The first-order valence-corrected chi connectivity index (χ1v) is 6.28. The Morgan fingerprint density at radius 1 is 1.50 bits per heavy atom. The van der Waals surface area contributed by atoms with Gasteiger partial charge in [0.05, 0.1) is 18.8 Å². The lowest BCUT2D eigenvalue weighted by Gasteiger charge is -2.07. The van der Waals surface area contributed by atoms with Crippen molar-refractivity contribution in [2.45, 2.75) is 6.92 Å². The molecule has 0 aromatic carbocycles. The van der Waals surface area contributed by atoms with Gasteiger partial charge in [0.25, 0.3) is 5.91 Å². The van der Waals surface area contributed by atoms with Gasteiger partial charge in [-0.3, -0.25) is 4.79 Å². The number of aromatic nitrogens is 1. The third-order valence-corrected chi connectivity index (χ3v) is 2.38. The molecule has 110 valence electrons. The van der Waals surface area contributed by atoms with Crippen molar-refractivity contribution in [2.24, 2.45) is 0 Å². The van der Waals surface area contributed by atoms with Gasteiger partial charge in [-0.05, 0) is 13.0 Å².